The van der Waals surface area contributed by atoms with Crippen LogP contribution < -0.4 is 5.32 Å². The molecular weight excluding hydrogens is 210 g/mol. The van der Waals surface area contributed by atoms with Gasteiger partial charge < -0.3 is 10.4 Å². The van der Waals surface area contributed by atoms with Crippen LogP contribution in [0.3, 0.4) is 0 Å². The van der Waals surface area contributed by atoms with E-state index in [1.165, 1.54) is 24.0 Å². The minimum absolute atomic E-state index is 0.231. The van der Waals surface area contributed by atoms with Crippen molar-refractivity contribution >= 4 is 11.9 Å². The smallest absolute Gasteiger partial charge is 0.328 e. The molecule has 88 valence electrons. The van der Waals surface area contributed by atoms with E-state index in [0.717, 1.165) is 6.42 Å². The molecule has 6 nitrogen and oxygen atoms in total. The molecule has 0 aromatic carbocycles. The molecule has 1 unspecified atom stereocenters. The Morgan fingerprint density at radius 1 is 1.62 bits per heavy atom. The van der Waals surface area contributed by atoms with Crippen LogP contribution in [0.4, 0.5) is 0 Å². The Labute approximate surface area is 93.3 Å². The number of rotatable bonds is 5. The number of hydrogen-bond acceptors (Lipinski definition) is 3. The molecule has 1 aromatic rings. The average molecular weight is 225 g/mol. The molecule has 16 heavy (non-hydrogen) atoms. The van der Waals surface area contributed by atoms with Gasteiger partial charge in [0, 0.05) is 12.7 Å². The number of aromatic nitrogens is 2. The van der Waals surface area contributed by atoms with Crippen molar-refractivity contribution in [2.75, 3.05) is 6.54 Å². The number of aliphatic carboxylic acids is 1. The minimum Gasteiger partial charge on any atom is -0.480 e. The molecule has 2 N–H and O–H groups in total. The maximum absolute atomic E-state index is 11.5. The molecule has 1 heterocycles. The first-order chi connectivity index (χ1) is 7.56. The third-order valence-electron chi connectivity index (χ3n) is 2.15. The fourth-order valence-corrected chi connectivity index (χ4v) is 1.12. The number of carboxylic acids is 1. The Morgan fingerprint density at radius 2 is 2.31 bits per heavy atom. The van der Waals surface area contributed by atoms with Gasteiger partial charge in [0.1, 0.15) is 6.04 Å². The molecule has 0 spiro atoms. The predicted molar refractivity (Wildman–Crippen MR) is 57.2 cm³/mol. The van der Waals surface area contributed by atoms with Gasteiger partial charge in [-0.3, -0.25) is 9.48 Å². The number of carbonyl (C=O) groups is 2. The molecule has 0 aliphatic rings. The van der Waals surface area contributed by atoms with Crippen LogP contribution >= 0.6 is 0 Å². The van der Waals surface area contributed by atoms with Crippen molar-refractivity contribution in [3.8, 4) is 0 Å². The number of amides is 1. The lowest BCUT2D eigenvalue weighted by Crippen LogP contribution is -2.23. The van der Waals surface area contributed by atoms with Gasteiger partial charge in [0.05, 0.1) is 11.8 Å². The Morgan fingerprint density at radius 3 is 2.88 bits per heavy atom. The zero-order valence-corrected chi connectivity index (χ0v) is 9.30. The Hall–Kier alpha value is -1.85. The highest BCUT2D eigenvalue weighted by Crippen LogP contribution is 2.06. The topological polar surface area (TPSA) is 84.2 Å². The predicted octanol–water partition coefficient (Wildman–Crippen LogP) is 0.668. The largest absolute Gasteiger partial charge is 0.480 e. The van der Waals surface area contributed by atoms with Crippen molar-refractivity contribution in [1.29, 1.82) is 0 Å². The molecule has 1 atom stereocenters. The van der Waals surface area contributed by atoms with Crippen molar-refractivity contribution < 1.29 is 14.7 Å². The second kappa shape index (κ2) is 5.29. The van der Waals surface area contributed by atoms with E-state index in [1.54, 1.807) is 0 Å². The van der Waals surface area contributed by atoms with Gasteiger partial charge in [-0.2, -0.15) is 5.10 Å². The second-order valence-electron chi connectivity index (χ2n) is 3.48. The first kappa shape index (κ1) is 12.2. The molecule has 0 saturated carbocycles. The molecule has 0 radical (unpaired) electrons. The highest BCUT2D eigenvalue weighted by molar-refractivity contribution is 5.93. The average Bonchev–Trinajstić information content (AvgIpc) is 2.73. The molecule has 1 amide bonds. The molecule has 0 bridgehead atoms. The summed E-state index contributed by atoms with van der Waals surface area (Å²) in [6.45, 7) is 4.05. The molecule has 0 fully saturated rings. The molecule has 0 aliphatic heterocycles. The van der Waals surface area contributed by atoms with Gasteiger partial charge in [0.25, 0.3) is 5.91 Å². The standard InChI is InChI=1S/C10H15N3O3/c1-3-4-11-9(14)8-5-12-13(6-8)7(2)10(15)16/h5-7H,3-4H2,1-2H3,(H,11,14)(H,15,16). The van der Waals surface area contributed by atoms with Crippen molar-refractivity contribution in [3.05, 3.63) is 18.0 Å². The first-order valence-corrected chi connectivity index (χ1v) is 5.11. The highest BCUT2D eigenvalue weighted by Gasteiger charge is 2.16. The fourth-order valence-electron chi connectivity index (χ4n) is 1.12. The van der Waals surface area contributed by atoms with Crippen LogP contribution in [-0.4, -0.2) is 33.3 Å². The van der Waals surface area contributed by atoms with Crippen LogP contribution in [-0.2, 0) is 4.79 Å². The van der Waals surface area contributed by atoms with Crippen molar-refractivity contribution in [1.82, 2.24) is 15.1 Å². The van der Waals surface area contributed by atoms with Gasteiger partial charge in [-0.05, 0) is 13.3 Å². The van der Waals surface area contributed by atoms with E-state index in [9.17, 15) is 9.59 Å². The fraction of sp³-hybridized carbons (Fsp3) is 0.500. The third kappa shape index (κ3) is 2.82. The first-order valence-electron chi connectivity index (χ1n) is 5.11. The number of nitrogens with zero attached hydrogens (tertiary/aromatic N) is 2. The maximum Gasteiger partial charge on any atom is 0.328 e. The van der Waals surface area contributed by atoms with E-state index in [-0.39, 0.29) is 5.91 Å². The van der Waals surface area contributed by atoms with Crippen LogP contribution in [0, 0.1) is 0 Å². The number of carboxylic acid groups (broad SMARTS) is 1. The minimum atomic E-state index is -0.983. The van der Waals surface area contributed by atoms with Crippen LogP contribution in [0.25, 0.3) is 0 Å². The lowest BCUT2D eigenvalue weighted by Gasteiger charge is -2.05. The van der Waals surface area contributed by atoms with E-state index in [1.807, 2.05) is 6.92 Å². The van der Waals surface area contributed by atoms with Crippen LogP contribution in [0.2, 0.25) is 0 Å². The van der Waals surface area contributed by atoms with Crippen LogP contribution in [0.1, 0.15) is 36.7 Å². The Bertz CT molecular complexity index is 386. The van der Waals surface area contributed by atoms with Crippen molar-refractivity contribution in [3.63, 3.8) is 0 Å². The molecule has 6 heteroatoms. The monoisotopic (exact) mass is 225 g/mol. The summed E-state index contributed by atoms with van der Waals surface area (Å²) in [5.74, 6) is -1.21. The summed E-state index contributed by atoms with van der Waals surface area (Å²) < 4.78 is 1.25. The van der Waals surface area contributed by atoms with Crippen LogP contribution in [0.5, 0.6) is 0 Å². The zero-order chi connectivity index (χ0) is 12.1. The van der Waals surface area contributed by atoms with Crippen LogP contribution in [0.15, 0.2) is 12.4 Å². The lowest BCUT2D eigenvalue weighted by atomic mass is 10.3. The number of nitrogens with one attached hydrogen (secondary N) is 1. The lowest BCUT2D eigenvalue weighted by molar-refractivity contribution is -0.140. The van der Waals surface area contributed by atoms with Crippen molar-refractivity contribution in [2.24, 2.45) is 0 Å². The van der Waals surface area contributed by atoms with Gasteiger partial charge in [0.15, 0.2) is 0 Å². The number of carbonyl (C=O) groups excluding carboxylic acids is 1. The van der Waals surface area contributed by atoms with E-state index < -0.39 is 12.0 Å². The summed E-state index contributed by atoms with van der Waals surface area (Å²) in [7, 11) is 0. The second-order valence-corrected chi connectivity index (χ2v) is 3.48. The quantitative estimate of drug-likeness (QED) is 0.771. The van der Waals surface area contributed by atoms with Gasteiger partial charge in [-0.25, -0.2) is 4.79 Å². The summed E-state index contributed by atoms with van der Waals surface area (Å²) in [4.78, 5) is 22.2. The van der Waals surface area contributed by atoms with E-state index in [2.05, 4.69) is 10.4 Å². The summed E-state index contributed by atoms with van der Waals surface area (Å²) in [5.41, 5.74) is 0.376. The van der Waals surface area contributed by atoms with E-state index >= 15 is 0 Å². The Balaban J connectivity index is 2.71. The van der Waals surface area contributed by atoms with E-state index in [0.29, 0.717) is 12.1 Å². The van der Waals surface area contributed by atoms with Crippen molar-refractivity contribution in [2.45, 2.75) is 26.3 Å². The maximum atomic E-state index is 11.5. The molecular formula is C10H15N3O3. The molecule has 1 aromatic heterocycles. The summed E-state index contributed by atoms with van der Waals surface area (Å²) >= 11 is 0. The highest BCUT2D eigenvalue weighted by atomic mass is 16.4. The van der Waals surface area contributed by atoms with E-state index in [4.69, 9.17) is 5.11 Å². The molecule has 1 rings (SSSR count). The van der Waals surface area contributed by atoms with Gasteiger partial charge in [0.2, 0.25) is 0 Å². The summed E-state index contributed by atoms with van der Waals surface area (Å²) in [6.07, 6.45) is 3.65. The number of hydrogen-bond donors (Lipinski definition) is 2. The van der Waals surface area contributed by atoms with Gasteiger partial charge in [-0.1, -0.05) is 6.92 Å². The zero-order valence-electron chi connectivity index (χ0n) is 9.30. The summed E-state index contributed by atoms with van der Waals surface area (Å²) in [6, 6.07) is -0.771. The molecule has 0 saturated heterocycles. The summed E-state index contributed by atoms with van der Waals surface area (Å²) in [5, 5.41) is 15.3. The Kier molecular flexibility index (Phi) is 4.04. The molecule has 0 aliphatic carbocycles. The van der Waals surface area contributed by atoms with Gasteiger partial charge >= 0.3 is 5.97 Å². The normalized spacial score (nSPS) is 12.1. The van der Waals surface area contributed by atoms with Gasteiger partial charge in [-0.15, -0.1) is 0 Å². The SMILES string of the molecule is CCCNC(=O)c1cnn(C(C)C(=O)O)c1. The third-order valence-corrected chi connectivity index (χ3v) is 2.15.